The largest absolute Gasteiger partial charge is 0.480 e. The van der Waals surface area contributed by atoms with E-state index >= 15 is 0 Å². The highest BCUT2D eigenvalue weighted by atomic mass is 32.2. The zero-order chi connectivity index (χ0) is 15.7. The molecule has 0 aliphatic carbocycles. The van der Waals surface area contributed by atoms with E-state index in [1.807, 2.05) is 6.92 Å². The average Bonchev–Trinajstić information content (AvgIpc) is 2.45. The number of hydrogen-bond donors (Lipinski definition) is 3. The smallest absolute Gasteiger partial charge is 0.329 e. The summed E-state index contributed by atoms with van der Waals surface area (Å²) in [4.78, 5) is 34.7. The van der Waals surface area contributed by atoms with Crippen molar-refractivity contribution in [1.29, 1.82) is 0 Å². The van der Waals surface area contributed by atoms with Crippen LogP contribution < -0.4 is 10.6 Å². The van der Waals surface area contributed by atoms with E-state index in [0.717, 1.165) is 17.9 Å². The molecular formula is C14H24N2O4S. The van der Waals surface area contributed by atoms with Crippen LogP contribution in [0.5, 0.6) is 0 Å². The van der Waals surface area contributed by atoms with Crippen molar-refractivity contribution in [2.75, 3.05) is 18.1 Å². The molecule has 0 bridgehead atoms. The van der Waals surface area contributed by atoms with Crippen molar-refractivity contribution in [1.82, 2.24) is 10.6 Å². The van der Waals surface area contributed by atoms with Crippen molar-refractivity contribution in [3.8, 4) is 0 Å². The first kappa shape index (κ1) is 17.8. The van der Waals surface area contributed by atoms with Gasteiger partial charge in [-0.1, -0.05) is 6.92 Å². The number of amides is 2. The SMILES string of the molecule is CCCNC(=O)CCCC(=O)NC1(C(=O)O)CCSCC1. The number of rotatable bonds is 8. The third kappa shape index (κ3) is 5.95. The van der Waals surface area contributed by atoms with E-state index in [1.165, 1.54) is 0 Å². The Morgan fingerprint density at radius 1 is 1.14 bits per heavy atom. The lowest BCUT2D eigenvalue weighted by Crippen LogP contribution is -2.56. The van der Waals surface area contributed by atoms with E-state index in [2.05, 4.69) is 10.6 Å². The van der Waals surface area contributed by atoms with Gasteiger partial charge < -0.3 is 15.7 Å². The van der Waals surface area contributed by atoms with E-state index in [9.17, 15) is 19.5 Å². The Kier molecular flexibility index (Phi) is 7.56. The van der Waals surface area contributed by atoms with Crippen LogP contribution in [0, 0.1) is 0 Å². The highest BCUT2D eigenvalue weighted by molar-refractivity contribution is 7.99. The Labute approximate surface area is 129 Å². The first-order valence-electron chi connectivity index (χ1n) is 7.39. The first-order chi connectivity index (χ1) is 10.00. The predicted octanol–water partition coefficient (Wildman–Crippen LogP) is 1.15. The molecule has 0 aromatic rings. The lowest BCUT2D eigenvalue weighted by Gasteiger charge is -2.33. The van der Waals surface area contributed by atoms with E-state index in [1.54, 1.807) is 11.8 Å². The molecule has 1 heterocycles. The van der Waals surface area contributed by atoms with E-state index in [4.69, 9.17) is 0 Å². The van der Waals surface area contributed by atoms with Gasteiger partial charge in [0.15, 0.2) is 0 Å². The van der Waals surface area contributed by atoms with Crippen molar-refractivity contribution in [2.45, 2.75) is 51.0 Å². The summed E-state index contributed by atoms with van der Waals surface area (Å²) in [5, 5.41) is 14.8. The third-order valence-electron chi connectivity index (χ3n) is 3.51. The number of carboxylic acid groups (broad SMARTS) is 1. The zero-order valence-electron chi connectivity index (χ0n) is 12.4. The molecule has 2 amide bonds. The van der Waals surface area contributed by atoms with Gasteiger partial charge in [0.05, 0.1) is 0 Å². The van der Waals surface area contributed by atoms with Gasteiger partial charge in [-0.3, -0.25) is 9.59 Å². The molecule has 21 heavy (non-hydrogen) atoms. The van der Waals surface area contributed by atoms with Crippen LogP contribution in [0.2, 0.25) is 0 Å². The van der Waals surface area contributed by atoms with Crippen molar-refractivity contribution >= 4 is 29.5 Å². The van der Waals surface area contributed by atoms with Crippen LogP contribution in [0.1, 0.15) is 45.4 Å². The second-order valence-electron chi connectivity index (χ2n) is 5.25. The Morgan fingerprint density at radius 3 is 2.33 bits per heavy atom. The summed E-state index contributed by atoms with van der Waals surface area (Å²) in [6.45, 7) is 2.62. The lowest BCUT2D eigenvalue weighted by molar-refractivity contribution is -0.148. The third-order valence-corrected chi connectivity index (χ3v) is 4.50. The number of nitrogens with one attached hydrogen (secondary N) is 2. The number of carboxylic acids is 1. The first-order valence-corrected chi connectivity index (χ1v) is 8.54. The topological polar surface area (TPSA) is 95.5 Å². The fourth-order valence-electron chi connectivity index (χ4n) is 2.20. The van der Waals surface area contributed by atoms with Crippen LogP contribution in [0.3, 0.4) is 0 Å². The molecule has 6 nitrogen and oxygen atoms in total. The molecule has 1 saturated heterocycles. The van der Waals surface area contributed by atoms with Crippen molar-refractivity contribution in [3.63, 3.8) is 0 Å². The minimum atomic E-state index is -1.12. The van der Waals surface area contributed by atoms with E-state index in [-0.39, 0.29) is 18.2 Å². The summed E-state index contributed by atoms with van der Waals surface area (Å²) in [6, 6.07) is 0. The molecule has 0 aromatic heterocycles. The standard InChI is InChI=1S/C14H24N2O4S/c1-2-8-15-11(17)4-3-5-12(18)16-14(13(19)20)6-9-21-10-7-14/h2-10H2,1H3,(H,15,17)(H,16,18)(H,19,20). The van der Waals surface area contributed by atoms with Gasteiger partial charge in [-0.2, -0.15) is 11.8 Å². The van der Waals surface area contributed by atoms with Crippen molar-refractivity contribution in [3.05, 3.63) is 0 Å². The van der Waals surface area contributed by atoms with Gasteiger partial charge in [0.1, 0.15) is 5.54 Å². The fraction of sp³-hybridized carbons (Fsp3) is 0.786. The van der Waals surface area contributed by atoms with Gasteiger partial charge >= 0.3 is 5.97 Å². The van der Waals surface area contributed by atoms with E-state index in [0.29, 0.717) is 32.2 Å². The van der Waals surface area contributed by atoms with Crippen molar-refractivity contribution in [2.24, 2.45) is 0 Å². The summed E-state index contributed by atoms with van der Waals surface area (Å²) in [7, 11) is 0. The lowest BCUT2D eigenvalue weighted by atomic mass is 9.92. The number of thioether (sulfide) groups is 1. The molecule has 0 unspecified atom stereocenters. The molecule has 0 atom stereocenters. The molecule has 1 fully saturated rings. The molecule has 1 aliphatic heterocycles. The number of carbonyl (C=O) groups is 3. The van der Waals surface area contributed by atoms with Crippen LogP contribution in [0.25, 0.3) is 0 Å². The van der Waals surface area contributed by atoms with Gasteiger partial charge in [0.2, 0.25) is 11.8 Å². The summed E-state index contributed by atoms with van der Waals surface area (Å²) in [6.07, 6.45) is 2.70. The molecule has 1 aliphatic rings. The van der Waals surface area contributed by atoms with Crippen LogP contribution in [0.4, 0.5) is 0 Å². The van der Waals surface area contributed by atoms with Gasteiger partial charge in [-0.25, -0.2) is 4.79 Å². The highest BCUT2D eigenvalue weighted by Crippen LogP contribution is 2.27. The summed E-state index contributed by atoms with van der Waals surface area (Å²) < 4.78 is 0. The van der Waals surface area contributed by atoms with Crippen LogP contribution in [0.15, 0.2) is 0 Å². The predicted molar refractivity (Wildman–Crippen MR) is 82.2 cm³/mol. The summed E-state index contributed by atoms with van der Waals surface area (Å²) in [5.41, 5.74) is -1.12. The maximum absolute atomic E-state index is 11.9. The highest BCUT2D eigenvalue weighted by Gasteiger charge is 2.41. The molecule has 3 N–H and O–H groups in total. The Bertz CT molecular complexity index is 381. The summed E-state index contributed by atoms with van der Waals surface area (Å²) in [5.74, 6) is 0.175. The molecule has 7 heteroatoms. The van der Waals surface area contributed by atoms with Gasteiger partial charge in [-0.05, 0) is 37.2 Å². The molecular weight excluding hydrogens is 292 g/mol. The number of hydrogen-bond acceptors (Lipinski definition) is 4. The quantitative estimate of drug-likeness (QED) is 0.624. The molecule has 0 aromatic carbocycles. The van der Waals surface area contributed by atoms with Gasteiger partial charge in [0.25, 0.3) is 0 Å². The number of aliphatic carboxylic acids is 1. The molecule has 1 rings (SSSR count). The fourth-order valence-corrected chi connectivity index (χ4v) is 3.39. The van der Waals surface area contributed by atoms with Gasteiger partial charge in [0, 0.05) is 19.4 Å². The maximum Gasteiger partial charge on any atom is 0.329 e. The normalized spacial score (nSPS) is 17.0. The minimum absolute atomic E-state index is 0.0633. The van der Waals surface area contributed by atoms with E-state index < -0.39 is 11.5 Å². The van der Waals surface area contributed by atoms with Crippen molar-refractivity contribution < 1.29 is 19.5 Å². The number of carbonyl (C=O) groups excluding carboxylic acids is 2. The van der Waals surface area contributed by atoms with Crippen LogP contribution >= 0.6 is 11.8 Å². The second kappa shape index (κ2) is 8.92. The molecule has 0 spiro atoms. The molecule has 0 radical (unpaired) electrons. The Morgan fingerprint density at radius 2 is 1.76 bits per heavy atom. The molecule has 0 saturated carbocycles. The van der Waals surface area contributed by atoms with Crippen LogP contribution in [-0.2, 0) is 14.4 Å². The maximum atomic E-state index is 11.9. The average molecular weight is 316 g/mol. The Balaban J connectivity index is 2.34. The minimum Gasteiger partial charge on any atom is -0.480 e. The zero-order valence-corrected chi connectivity index (χ0v) is 13.3. The van der Waals surface area contributed by atoms with Crippen LogP contribution in [-0.4, -0.2) is 46.5 Å². The Hall–Kier alpha value is -1.24. The monoisotopic (exact) mass is 316 g/mol. The summed E-state index contributed by atoms with van der Waals surface area (Å²) >= 11 is 1.70. The molecule has 120 valence electrons. The second-order valence-corrected chi connectivity index (χ2v) is 6.48. The van der Waals surface area contributed by atoms with Gasteiger partial charge in [-0.15, -0.1) is 0 Å².